The van der Waals surface area contributed by atoms with Crippen molar-refractivity contribution in [1.82, 2.24) is 0 Å². The van der Waals surface area contributed by atoms with Crippen LogP contribution in [0.15, 0.2) is 35.5 Å². The van der Waals surface area contributed by atoms with Crippen LogP contribution in [0.1, 0.15) is 46.5 Å². The van der Waals surface area contributed by atoms with Crippen molar-refractivity contribution in [2.24, 2.45) is 5.92 Å². The molecule has 2 aliphatic carbocycles. The predicted octanol–water partition coefficient (Wildman–Crippen LogP) is 5.59. The predicted molar refractivity (Wildman–Crippen MR) is 88.3 cm³/mol. The molecule has 0 bridgehead atoms. The Morgan fingerprint density at radius 2 is 2.05 bits per heavy atom. The van der Waals surface area contributed by atoms with Crippen LogP contribution in [-0.4, -0.2) is 5.43 Å². The largest absolute Gasteiger partial charge is 0.273 e. The first kappa shape index (κ1) is 20.1. The van der Waals surface area contributed by atoms with Gasteiger partial charge in [-0.2, -0.15) is 17.7 Å². The Morgan fingerprint density at radius 3 is 2.35 bits per heavy atom. The van der Waals surface area contributed by atoms with Crippen LogP contribution in [0.5, 0.6) is 0 Å². The molecule has 0 spiro atoms. The number of rotatable bonds is 3. The molecule has 0 aromatic carbocycles. The first-order valence-electron chi connectivity index (χ1n) is 7.52. The van der Waals surface area contributed by atoms with Gasteiger partial charge in [0.15, 0.2) is 0 Å². The molecular weight excluding hydrogens is 336 g/mol. The van der Waals surface area contributed by atoms with Crippen molar-refractivity contribution in [1.29, 1.82) is 0 Å². The molecule has 0 aromatic heterocycles. The average molecular weight is 364 g/mol. The van der Waals surface area contributed by atoms with Crippen LogP contribution >= 0.6 is 0 Å². The third-order valence-corrected chi connectivity index (χ3v) is 2.76. The van der Waals surface area contributed by atoms with E-state index in [4.69, 9.17) is 0 Å². The standard InChI is InChI=1S/C11H17.C5H5.C2H6Si.Zr/c1-4-5-6-11-8-9(2)7-10(11)3;1-2-4-5-3-1;1-3-2;/h8-9H,4-6H2,1-3H3;1-3H,4H2;1-2H3;/q2*-1;;+2. The Hall–Kier alpha value is 0.0600. The van der Waals surface area contributed by atoms with Crippen molar-refractivity contribution in [3.05, 3.63) is 47.6 Å². The fraction of sp³-hybridized carbons (Fsp3) is 0.556. The Bertz CT molecular complexity index is 386. The molecule has 2 heteroatoms. The van der Waals surface area contributed by atoms with Gasteiger partial charge in [-0.05, 0) is 0 Å². The van der Waals surface area contributed by atoms with Crippen molar-refractivity contribution in [2.45, 2.75) is 59.5 Å². The molecule has 0 aromatic rings. The summed E-state index contributed by atoms with van der Waals surface area (Å²) in [7, 11) is 0. The summed E-state index contributed by atoms with van der Waals surface area (Å²) in [6, 6.07) is 0. The van der Waals surface area contributed by atoms with E-state index in [0.29, 0.717) is 5.92 Å². The minimum absolute atomic E-state index is 0.210. The summed E-state index contributed by atoms with van der Waals surface area (Å²) in [6.07, 6.45) is 19.6. The van der Waals surface area contributed by atoms with E-state index in [1.54, 1.807) is 23.3 Å². The molecule has 0 nitrogen and oxygen atoms in total. The first-order chi connectivity index (χ1) is 9.47. The van der Waals surface area contributed by atoms with Gasteiger partial charge in [0.1, 0.15) is 0 Å². The van der Waals surface area contributed by atoms with Gasteiger partial charge in [-0.3, -0.25) is 12.2 Å². The van der Waals surface area contributed by atoms with E-state index < -0.39 is 0 Å². The Morgan fingerprint density at radius 1 is 1.40 bits per heavy atom. The SMILES string of the molecule is CCCCC1=CC(C)[C-]=C1C.C[Si](C)=[Zr+2].[C-]1=CC=CC1. The minimum Gasteiger partial charge on any atom is -0.273 e. The Kier molecular flexibility index (Phi) is 12.8. The molecule has 0 aliphatic heterocycles. The molecule has 0 N–H and O–H groups in total. The number of hydrogen-bond acceptors (Lipinski definition) is 0. The van der Waals surface area contributed by atoms with Crippen LogP contribution in [0, 0.1) is 18.1 Å². The average Bonchev–Trinajstić information content (AvgIpc) is 2.99. The monoisotopic (exact) mass is 362 g/mol. The van der Waals surface area contributed by atoms with Crippen molar-refractivity contribution < 1.29 is 23.3 Å². The summed E-state index contributed by atoms with van der Waals surface area (Å²) in [4.78, 5) is 0. The maximum atomic E-state index is 3.40. The molecule has 0 radical (unpaired) electrons. The van der Waals surface area contributed by atoms with E-state index in [0.717, 1.165) is 6.42 Å². The molecule has 0 amide bonds. The summed E-state index contributed by atoms with van der Waals surface area (Å²) in [5, 5.41) is 0. The summed E-state index contributed by atoms with van der Waals surface area (Å²) in [5.74, 6) is 0.557. The fourth-order valence-corrected chi connectivity index (χ4v) is 1.88. The maximum absolute atomic E-state index is 3.40. The zero-order valence-corrected chi connectivity index (χ0v) is 17.2. The van der Waals surface area contributed by atoms with Gasteiger partial charge < -0.3 is 0 Å². The van der Waals surface area contributed by atoms with Gasteiger partial charge in [0.2, 0.25) is 0 Å². The van der Waals surface area contributed by atoms with E-state index in [9.17, 15) is 0 Å². The fourth-order valence-electron chi connectivity index (χ4n) is 1.88. The molecular formula is C18H28SiZr. The summed E-state index contributed by atoms with van der Waals surface area (Å²) < 4.78 is 0. The molecule has 20 heavy (non-hydrogen) atoms. The van der Waals surface area contributed by atoms with E-state index >= 15 is 0 Å². The van der Waals surface area contributed by atoms with E-state index in [1.807, 2.05) is 12.2 Å². The summed E-state index contributed by atoms with van der Waals surface area (Å²) in [5.41, 5.74) is 3.12. The summed E-state index contributed by atoms with van der Waals surface area (Å²) in [6.45, 7) is 11.2. The van der Waals surface area contributed by atoms with Gasteiger partial charge in [0.05, 0.1) is 0 Å². The van der Waals surface area contributed by atoms with Crippen LogP contribution < -0.4 is 0 Å². The topological polar surface area (TPSA) is 0 Å². The Balaban J connectivity index is 0.000000331. The molecule has 108 valence electrons. The quantitative estimate of drug-likeness (QED) is 0.453. The number of hydrogen-bond donors (Lipinski definition) is 0. The van der Waals surface area contributed by atoms with Gasteiger partial charge in [-0.15, -0.1) is 6.42 Å². The maximum Gasteiger partial charge on any atom is -0.109 e. The number of unbranched alkanes of at least 4 members (excludes halogenated alkanes) is 1. The smallest absolute Gasteiger partial charge is 0.109 e. The number of allylic oxidation sites excluding steroid dienone is 8. The molecule has 0 fully saturated rings. The van der Waals surface area contributed by atoms with Gasteiger partial charge in [0.25, 0.3) is 0 Å². The van der Waals surface area contributed by atoms with E-state index in [2.05, 4.69) is 58.2 Å². The zero-order chi connectivity index (χ0) is 15.4. The molecule has 1 unspecified atom stereocenters. The molecule has 0 heterocycles. The second-order valence-electron chi connectivity index (χ2n) is 5.36. The van der Waals surface area contributed by atoms with Crippen molar-refractivity contribution in [2.75, 3.05) is 0 Å². The third kappa shape index (κ3) is 11.9. The third-order valence-electron chi connectivity index (χ3n) is 2.76. The molecule has 0 saturated heterocycles. The van der Waals surface area contributed by atoms with Crippen LogP contribution in [0.3, 0.4) is 0 Å². The van der Waals surface area contributed by atoms with Crippen molar-refractivity contribution in [3.8, 4) is 0 Å². The second kappa shape index (κ2) is 12.8. The van der Waals surface area contributed by atoms with Gasteiger partial charge in [-0.25, -0.2) is 17.7 Å². The van der Waals surface area contributed by atoms with Crippen LogP contribution in [0.25, 0.3) is 0 Å². The van der Waals surface area contributed by atoms with Gasteiger partial charge in [-0.1, -0.05) is 46.0 Å². The van der Waals surface area contributed by atoms with Gasteiger partial charge >= 0.3 is 41.9 Å². The van der Waals surface area contributed by atoms with E-state index in [1.165, 1.54) is 30.4 Å². The molecule has 2 aliphatic rings. The molecule has 0 saturated carbocycles. The van der Waals surface area contributed by atoms with Crippen molar-refractivity contribution >= 4 is 5.43 Å². The van der Waals surface area contributed by atoms with Gasteiger partial charge in [0, 0.05) is 0 Å². The molecule has 2 rings (SSSR count). The zero-order valence-electron chi connectivity index (χ0n) is 13.7. The van der Waals surface area contributed by atoms with Crippen LogP contribution in [0.2, 0.25) is 13.1 Å². The van der Waals surface area contributed by atoms with Crippen LogP contribution in [0.4, 0.5) is 0 Å². The van der Waals surface area contributed by atoms with Crippen LogP contribution in [-0.2, 0) is 23.3 Å². The Labute approximate surface area is 141 Å². The van der Waals surface area contributed by atoms with E-state index in [-0.39, 0.29) is 5.43 Å². The summed E-state index contributed by atoms with van der Waals surface area (Å²) >= 11 is 1.74. The minimum atomic E-state index is 0.210. The molecule has 1 atom stereocenters. The first-order valence-corrected chi connectivity index (χ1v) is 13.7. The van der Waals surface area contributed by atoms with Crippen molar-refractivity contribution in [3.63, 3.8) is 0 Å². The second-order valence-corrected chi connectivity index (χ2v) is 14.7. The normalized spacial score (nSPS) is 18.6.